The maximum absolute atomic E-state index is 14.3. The number of carbonyl (C=O) groups is 1. The molecule has 0 radical (unpaired) electrons. The number of carboxylic acid groups (broad SMARTS) is 1. The number of anilines is 2. The number of benzene rings is 2. The summed E-state index contributed by atoms with van der Waals surface area (Å²) in [5.41, 5.74) is 2.51. The van der Waals surface area contributed by atoms with E-state index in [9.17, 15) is 23.8 Å². The van der Waals surface area contributed by atoms with E-state index in [-0.39, 0.29) is 23.7 Å². The number of aromatic nitrogens is 2. The first-order valence-corrected chi connectivity index (χ1v) is 13.1. The van der Waals surface area contributed by atoms with Crippen molar-refractivity contribution in [2.45, 2.75) is 31.2 Å². The molecule has 1 amide bonds. The molecule has 1 saturated heterocycles. The minimum Gasteiger partial charge on any atom is -0.465 e. The summed E-state index contributed by atoms with van der Waals surface area (Å²) < 4.78 is 25.7. The van der Waals surface area contributed by atoms with Gasteiger partial charge in [-0.15, -0.1) is 0 Å². The third-order valence-electron chi connectivity index (χ3n) is 6.89. The summed E-state index contributed by atoms with van der Waals surface area (Å²) in [5, 5.41) is 20.3. The van der Waals surface area contributed by atoms with Crippen LogP contribution in [0.25, 0.3) is 10.8 Å². The van der Waals surface area contributed by atoms with Crippen molar-refractivity contribution in [3.8, 4) is 6.07 Å². The van der Waals surface area contributed by atoms with Gasteiger partial charge in [0.25, 0.3) is 5.75 Å². The third kappa shape index (κ3) is 4.74. The van der Waals surface area contributed by atoms with E-state index in [1.165, 1.54) is 11.0 Å². The fourth-order valence-electron chi connectivity index (χ4n) is 5.18. The van der Waals surface area contributed by atoms with E-state index in [0.717, 1.165) is 22.3 Å². The maximum atomic E-state index is 14.3. The van der Waals surface area contributed by atoms with Gasteiger partial charge in [0.15, 0.2) is 5.82 Å². The van der Waals surface area contributed by atoms with Gasteiger partial charge >= 0.3 is 17.8 Å². The Morgan fingerprint density at radius 3 is 2.81 bits per heavy atom. The number of nitriles is 1. The van der Waals surface area contributed by atoms with Crippen LogP contribution in [0.15, 0.2) is 30.3 Å². The second-order valence-corrected chi connectivity index (χ2v) is 9.90. The zero-order chi connectivity index (χ0) is 26.1. The molecule has 0 saturated carbocycles. The molecule has 2 aliphatic rings. The van der Waals surface area contributed by atoms with Crippen molar-refractivity contribution in [2.75, 3.05) is 36.0 Å². The molecule has 0 bridgehead atoms. The highest BCUT2D eigenvalue weighted by Gasteiger charge is 2.34. The second kappa shape index (κ2) is 10.4. The van der Waals surface area contributed by atoms with Crippen molar-refractivity contribution >= 4 is 51.6 Å². The van der Waals surface area contributed by atoms with Crippen LogP contribution >= 0.6 is 11.6 Å². The monoisotopic (exact) mass is 541 g/mol. The molecule has 1 fully saturated rings. The molecule has 1 aromatic heterocycles. The first-order valence-electron chi connectivity index (χ1n) is 11.8. The lowest BCUT2D eigenvalue weighted by Crippen LogP contribution is -2.55. The van der Waals surface area contributed by atoms with Crippen LogP contribution in [0.2, 0.25) is 5.02 Å². The number of hydrogen-bond acceptors (Lipinski definition) is 7. The maximum Gasteiger partial charge on any atom is 0.467 e. The summed E-state index contributed by atoms with van der Waals surface area (Å²) in [6.07, 6.45) is -0.374. The predicted octanol–water partition coefficient (Wildman–Crippen LogP) is 4.00. The average Bonchev–Trinajstić information content (AvgIpc) is 2.90. The lowest BCUT2D eigenvalue weighted by molar-refractivity contribution is 0.119. The van der Waals surface area contributed by atoms with Crippen LogP contribution in [0, 0.1) is 17.1 Å². The molecule has 2 aromatic carbocycles. The summed E-state index contributed by atoms with van der Waals surface area (Å²) in [6, 6.07) is 10.4. The van der Waals surface area contributed by atoms with E-state index in [4.69, 9.17) is 16.6 Å². The van der Waals surface area contributed by atoms with Crippen LogP contribution in [-0.2, 0) is 34.6 Å². The minimum atomic E-state index is -1.05. The van der Waals surface area contributed by atoms with E-state index in [1.54, 1.807) is 6.07 Å². The van der Waals surface area contributed by atoms with Gasteiger partial charge in [-0.3, -0.25) is 0 Å². The SMILES string of the molecule is N#CC[C@H]1CN(c2nc(C[S+]=O)nc3c2CCN(c2cccc4ccc(F)c(Cl)c24)C3)CCN1C(=O)O. The average molecular weight is 542 g/mol. The normalized spacial score (nSPS) is 17.4. The number of nitrogens with zero attached hydrogens (tertiary/aromatic N) is 6. The van der Waals surface area contributed by atoms with Gasteiger partial charge in [0.2, 0.25) is 0 Å². The highest BCUT2D eigenvalue weighted by atomic mass is 35.5. The molecule has 0 aliphatic carbocycles. The highest BCUT2D eigenvalue weighted by molar-refractivity contribution is 7.64. The van der Waals surface area contributed by atoms with Crippen molar-refractivity contribution in [1.82, 2.24) is 14.9 Å². The first-order chi connectivity index (χ1) is 17.9. The van der Waals surface area contributed by atoms with Gasteiger partial charge in [-0.25, -0.2) is 19.2 Å². The molecule has 190 valence electrons. The Labute approximate surface area is 221 Å². The second-order valence-electron chi connectivity index (χ2n) is 9.00. The number of hydrogen-bond donors (Lipinski definition) is 1. The van der Waals surface area contributed by atoms with Crippen LogP contribution < -0.4 is 9.80 Å². The molecule has 0 unspecified atom stereocenters. The van der Waals surface area contributed by atoms with Gasteiger partial charge in [0.1, 0.15) is 11.6 Å². The number of amides is 1. The third-order valence-corrected chi connectivity index (χ3v) is 7.63. The Balaban J connectivity index is 1.52. The van der Waals surface area contributed by atoms with Gasteiger partial charge in [-0.05, 0) is 23.9 Å². The molecular formula is C25H23ClFN6O3S+. The molecule has 1 atom stereocenters. The lowest BCUT2D eigenvalue weighted by atomic mass is 10.0. The standard InChI is InChI=1S/C25H22ClFN6O3S/c26-23-18(27)5-4-15-2-1-3-20(22(15)23)31-9-7-17-19(13-31)29-21(14-37-36)30-24(17)32-10-11-33(25(34)35)16(12-32)6-8-28/h1-5,16H,6-7,9-14H2/p+1/t16-/m0/s1. The summed E-state index contributed by atoms with van der Waals surface area (Å²) in [6.45, 7) is 2.03. The number of rotatable bonds is 5. The van der Waals surface area contributed by atoms with Crippen LogP contribution in [0.3, 0.4) is 0 Å². The fourth-order valence-corrected chi connectivity index (χ4v) is 5.68. The minimum absolute atomic E-state index is 0.0746. The molecular weight excluding hydrogens is 519 g/mol. The highest BCUT2D eigenvalue weighted by Crippen LogP contribution is 2.37. The molecule has 37 heavy (non-hydrogen) atoms. The quantitative estimate of drug-likeness (QED) is 0.482. The summed E-state index contributed by atoms with van der Waals surface area (Å²) in [5.74, 6) is 0.687. The van der Waals surface area contributed by atoms with E-state index >= 15 is 0 Å². The Hall–Kier alpha value is -3.62. The summed E-state index contributed by atoms with van der Waals surface area (Å²) in [4.78, 5) is 26.4. The first kappa shape index (κ1) is 25.0. The van der Waals surface area contributed by atoms with Crippen molar-refractivity contribution in [2.24, 2.45) is 0 Å². The van der Waals surface area contributed by atoms with E-state index < -0.39 is 18.0 Å². The number of piperazine rings is 1. The van der Waals surface area contributed by atoms with E-state index in [0.29, 0.717) is 61.3 Å². The summed E-state index contributed by atoms with van der Waals surface area (Å²) >= 11 is 6.76. The Bertz CT molecular complexity index is 1430. The Morgan fingerprint density at radius 2 is 2.05 bits per heavy atom. The van der Waals surface area contributed by atoms with Crippen LogP contribution in [0.4, 0.5) is 20.7 Å². The molecule has 5 rings (SSSR count). The van der Waals surface area contributed by atoms with Gasteiger partial charge < -0.3 is 19.8 Å². The van der Waals surface area contributed by atoms with Crippen LogP contribution in [-0.4, -0.2) is 58.3 Å². The zero-order valence-electron chi connectivity index (χ0n) is 19.7. The smallest absolute Gasteiger partial charge is 0.465 e. The van der Waals surface area contributed by atoms with Gasteiger partial charge in [0.05, 0.1) is 35.8 Å². The topological polar surface area (TPSA) is 114 Å². The summed E-state index contributed by atoms with van der Waals surface area (Å²) in [7, 11) is 0. The number of halogens is 2. The lowest BCUT2D eigenvalue weighted by Gasteiger charge is -2.41. The Morgan fingerprint density at radius 1 is 1.22 bits per heavy atom. The van der Waals surface area contributed by atoms with E-state index in [1.807, 2.05) is 23.1 Å². The molecule has 12 heteroatoms. The predicted molar refractivity (Wildman–Crippen MR) is 138 cm³/mol. The molecule has 2 aliphatic heterocycles. The van der Waals surface area contributed by atoms with Crippen molar-refractivity contribution in [1.29, 1.82) is 5.26 Å². The molecule has 9 nitrogen and oxygen atoms in total. The van der Waals surface area contributed by atoms with Crippen LogP contribution in [0.1, 0.15) is 23.5 Å². The molecule has 1 N–H and O–H groups in total. The zero-order valence-corrected chi connectivity index (χ0v) is 21.3. The molecule has 3 aromatic rings. The van der Waals surface area contributed by atoms with Crippen molar-refractivity contribution in [3.63, 3.8) is 0 Å². The van der Waals surface area contributed by atoms with Crippen molar-refractivity contribution in [3.05, 3.63) is 58.3 Å². The molecule has 3 heterocycles. The van der Waals surface area contributed by atoms with Crippen LogP contribution in [0.5, 0.6) is 0 Å². The Kier molecular flexibility index (Phi) is 7.04. The largest absolute Gasteiger partial charge is 0.467 e. The van der Waals surface area contributed by atoms with E-state index in [2.05, 4.69) is 16.0 Å². The number of fused-ring (bicyclic) bond motifs is 2. The van der Waals surface area contributed by atoms with Gasteiger partial charge in [-0.1, -0.05) is 29.8 Å². The van der Waals surface area contributed by atoms with Gasteiger partial charge in [0, 0.05) is 47.0 Å². The molecule has 0 spiro atoms. The van der Waals surface area contributed by atoms with Crippen molar-refractivity contribution < 1.29 is 18.5 Å². The fraction of sp³-hybridized carbons (Fsp3) is 0.360. The van der Waals surface area contributed by atoms with Gasteiger partial charge in [-0.2, -0.15) is 5.26 Å².